The van der Waals surface area contributed by atoms with E-state index < -0.39 is 0 Å². The van der Waals surface area contributed by atoms with Crippen molar-refractivity contribution < 1.29 is 14.7 Å². The number of aromatic nitrogens is 2. The second-order valence-corrected chi connectivity index (χ2v) is 8.24. The van der Waals surface area contributed by atoms with Gasteiger partial charge in [0, 0.05) is 42.8 Å². The molecule has 8 heteroatoms. The van der Waals surface area contributed by atoms with Gasteiger partial charge in [0.15, 0.2) is 0 Å². The second kappa shape index (κ2) is 12.1. The maximum Gasteiger partial charge on any atom is 0.251 e. The zero-order chi connectivity index (χ0) is 23.7. The van der Waals surface area contributed by atoms with Crippen LogP contribution < -0.4 is 16.0 Å². The van der Waals surface area contributed by atoms with E-state index in [9.17, 15) is 4.79 Å². The SMILES string of the molecule is CC1Cc2cc(C(=O)NCCO)ccc2N(C)[C@H]1C1CC1.CC=O.Cc1ccnc(N)n1. The number of fused-ring (bicyclic) bond motifs is 1. The molecule has 4 N–H and O–H groups in total. The van der Waals surface area contributed by atoms with Gasteiger partial charge in [-0.2, -0.15) is 0 Å². The number of carbonyl (C=O) groups excluding carboxylic acids is 2. The molecule has 0 spiro atoms. The predicted molar refractivity (Wildman–Crippen MR) is 127 cm³/mol. The van der Waals surface area contributed by atoms with Crippen molar-refractivity contribution >= 4 is 23.8 Å². The molecule has 1 fully saturated rings. The topological polar surface area (TPSA) is 121 Å². The van der Waals surface area contributed by atoms with E-state index in [2.05, 4.69) is 40.2 Å². The number of aldehydes is 1. The highest BCUT2D eigenvalue weighted by Gasteiger charge is 2.40. The van der Waals surface area contributed by atoms with Crippen LogP contribution in [0.25, 0.3) is 0 Å². The van der Waals surface area contributed by atoms with Crippen molar-refractivity contribution in [2.45, 2.75) is 46.1 Å². The van der Waals surface area contributed by atoms with Gasteiger partial charge in [0.05, 0.1) is 6.61 Å². The Morgan fingerprint density at radius 2 is 2.03 bits per heavy atom. The molecule has 174 valence electrons. The van der Waals surface area contributed by atoms with Gasteiger partial charge in [-0.15, -0.1) is 0 Å². The number of aliphatic hydroxyl groups is 1. The van der Waals surface area contributed by atoms with Crippen LogP contribution in [0.15, 0.2) is 30.5 Å². The van der Waals surface area contributed by atoms with Crippen molar-refractivity contribution in [3.8, 4) is 0 Å². The first-order chi connectivity index (χ1) is 15.3. The third kappa shape index (κ3) is 7.02. The van der Waals surface area contributed by atoms with Gasteiger partial charge >= 0.3 is 0 Å². The van der Waals surface area contributed by atoms with Crippen LogP contribution in [0.3, 0.4) is 0 Å². The van der Waals surface area contributed by atoms with Crippen LogP contribution in [-0.2, 0) is 11.2 Å². The Morgan fingerprint density at radius 3 is 2.56 bits per heavy atom. The number of nitrogens with zero attached hydrogens (tertiary/aromatic N) is 3. The molecule has 1 aromatic carbocycles. The molecule has 0 radical (unpaired) electrons. The summed E-state index contributed by atoms with van der Waals surface area (Å²) in [7, 11) is 2.18. The maximum atomic E-state index is 12.0. The quantitative estimate of drug-likeness (QED) is 0.623. The fraction of sp³-hybridized carbons (Fsp3) is 0.500. The molecule has 1 aliphatic heterocycles. The van der Waals surface area contributed by atoms with Crippen LogP contribution in [-0.4, -0.2) is 53.5 Å². The number of nitrogen functional groups attached to an aromatic ring is 1. The largest absolute Gasteiger partial charge is 0.395 e. The van der Waals surface area contributed by atoms with Gasteiger partial charge in [-0.05, 0) is 74.8 Å². The number of hydrogen-bond acceptors (Lipinski definition) is 7. The maximum absolute atomic E-state index is 12.0. The predicted octanol–water partition coefficient (Wildman–Crippen LogP) is 2.39. The standard InChI is InChI=1S/C17H24N2O2.C5H7N3.C2H4O/c1-11-9-14-10-13(17(21)18-7-8-20)5-6-15(14)19(2)16(11)12-3-4-12;1-4-2-3-7-5(6)8-4;1-2-3/h5-6,10-12,16,20H,3-4,7-9H2,1-2H3,(H,18,21);2-3H,1H3,(H2,6,7,8);2H,1H3/t11?,16-;;/m1../s1. The van der Waals surface area contributed by atoms with Crippen molar-refractivity contribution in [2.75, 3.05) is 30.8 Å². The lowest BCUT2D eigenvalue weighted by Crippen LogP contribution is -2.43. The highest BCUT2D eigenvalue weighted by atomic mass is 16.3. The Kier molecular flexibility index (Phi) is 9.59. The average Bonchev–Trinajstić information content (AvgIpc) is 3.57. The molecule has 32 heavy (non-hydrogen) atoms. The van der Waals surface area contributed by atoms with Crippen LogP contribution in [0.4, 0.5) is 11.6 Å². The molecule has 1 unspecified atom stereocenters. The molecule has 4 rings (SSSR count). The van der Waals surface area contributed by atoms with Crippen LogP contribution in [0.1, 0.15) is 48.3 Å². The number of hydrogen-bond donors (Lipinski definition) is 3. The van der Waals surface area contributed by atoms with E-state index in [0.717, 1.165) is 24.3 Å². The zero-order valence-corrected chi connectivity index (χ0v) is 19.4. The van der Waals surface area contributed by atoms with E-state index in [1.807, 2.05) is 19.1 Å². The number of amides is 1. The molecule has 1 aliphatic carbocycles. The molecule has 2 aromatic rings. The van der Waals surface area contributed by atoms with E-state index in [-0.39, 0.29) is 12.5 Å². The lowest BCUT2D eigenvalue weighted by molar-refractivity contribution is -0.106. The van der Waals surface area contributed by atoms with Crippen LogP contribution in [0, 0.1) is 18.8 Å². The Morgan fingerprint density at radius 1 is 1.34 bits per heavy atom. The molecule has 0 saturated heterocycles. The third-order valence-electron chi connectivity index (χ3n) is 5.61. The number of aliphatic hydroxyl groups excluding tert-OH is 1. The van der Waals surface area contributed by atoms with Crippen molar-refractivity contribution in [2.24, 2.45) is 11.8 Å². The summed E-state index contributed by atoms with van der Waals surface area (Å²) in [4.78, 5) is 30.8. The van der Waals surface area contributed by atoms with E-state index in [1.54, 1.807) is 12.3 Å². The molecule has 1 saturated carbocycles. The minimum atomic E-state index is -0.105. The van der Waals surface area contributed by atoms with Gasteiger partial charge in [0.2, 0.25) is 5.95 Å². The minimum absolute atomic E-state index is 0.0283. The molecule has 1 amide bonds. The van der Waals surface area contributed by atoms with Crippen LogP contribution in [0.5, 0.6) is 0 Å². The Bertz CT molecular complexity index is 884. The minimum Gasteiger partial charge on any atom is -0.395 e. The van der Waals surface area contributed by atoms with E-state index in [0.29, 0.717) is 30.0 Å². The van der Waals surface area contributed by atoms with E-state index in [4.69, 9.17) is 15.6 Å². The number of carbonyl (C=O) groups is 2. The zero-order valence-electron chi connectivity index (χ0n) is 19.4. The number of anilines is 2. The summed E-state index contributed by atoms with van der Waals surface area (Å²) in [6.07, 6.45) is 6.15. The van der Waals surface area contributed by atoms with Gasteiger partial charge in [-0.25, -0.2) is 9.97 Å². The summed E-state index contributed by atoms with van der Waals surface area (Å²) in [5.74, 6) is 1.72. The summed E-state index contributed by atoms with van der Waals surface area (Å²) in [5.41, 5.74) is 9.35. The summed E-state index contributed by atoms with van der Waals surface area (Å²) in [6, 6.07) is 8.42. The fourth-order valence-corrected chi connectivity index (χ4v) is 4.20. The van der Waals surface area contributed by atoms with Crippen molar-refractivity contribution in [3.63, 3.8) is 0 Å². The molecular weight excluding hydrogens is 406 g/mol. The average molecular weight is 442 g/mol. The van der Waals surface area contributed by atoms with E-state index in [1.165, 1.54) is 31.0 Å². The van der Waals surface area contributed by atoms with Crippen LogP contribution in [0.2, 0.25) is 0 Å². The first-order valence-corrected chi connectivity index (χ1v) is 11.0. The summed E-state index contributed by atoms with van der Waals surface area (Å²) < 4.78 is 0. The third-order valence-corrected chi connectivity index (χ3v) is 5.61. The highest BCUT2D eigenvalue weighted by molar-refractivity contribution is 5.95. The number of nitrogens with one attached hydrogen (secondary N) is 1. The molecule has 8 nitrogen and oxygen atoms in total. The molecule has 2 atom stereocenters. The van der Waals surface area contributed by atoms with Gasteiger partial charge in [0.25, 0.3) is 5.91 Å². The normalized spacial score (nSPS) is 18.8. The van der Waals surface area contributed by atoms with Gasteiger partial charge in [-0.1, -0.05) is 6.92 Å². The van der Waals surface area contributed by atoms with Crippen molar-refractivity contribution in [1.82, 2.24) is 15.3 Å². The number of benzene rings is 1. The first kappa shape index (κ1) is 25.3. The number of aryl methyl sites for hydroxylation is 1. The van der Waals surface area contributed by atoms with E-state index >= 15 is 0 Å². The summed E-state index contributed by atoms with van der Waals surface area (Å²) >= 11 is 0. The van der Waals surface area contributed by atoms with Gasteiger partial charge in [0.1, 0.15) is 6.29 Å². The molecule has 2 aliphatic rings. The Labute approximate surface area is 190 Å². The summed E-state index contributed by atoms with van der Waals surface area (Å²) in [6.45, 7) is 5.91. The highest BCUT2D eigenvalue weighted by Crippen LogP contribution is 2.44. The molecule has 0 bridgehead atoms. The van der Waals surface area contributed by atoms with Crippen molar-refractivity contribution in [1.29, 1.82) is 0 Å². The Balaban J connectivity index is 0.000000274. The fourth-order valence-electron chi connectivity index (χ4n) is 4.20. The monoisotopic (exact) mass is 441 g/mol. The lowest BCUT2D eigenvalue weighted by Gasteiger charge is -2.41. The Hall–Kier alpha value is -3.00. The van der Waals surface area contributed by atoms with Crippen molar-refractivity contribution in [3.05, 3.63) is 47.3 Å². The number of rotatable bonds is 4. The lowest BCUT2D eigenvalue weighted by atomic mass is 9.84. The smallest absolute Gasteiger partial charge is 0.251 e. The first-order valence-electron chi connectivity index (χ1n) is 11.0. The van der Waals surface area contributed by atoms with Crippen LogP contribution >= 0.6 is 0 Å². The summed E-state index contributed by atoms with van der Waals surface area (Å²) in [5, 5.41) is 11.5. The van der Waals surface area contributed by atoms with Gasteiger partial charge < -0.3 is 25.9 Å². The molecule has 1 aromatic heterocycles. The molecule has 2 heterocycles. The van der Waals surface area contributed by atoms with Gasteiger partial charge in [-0.3, -0.25) is 4.79 Å². The number of nitrogens with two attached hydrogens (primary N) is 1. The second-order valence-electron chi connectivity index (χ2n) is 8.24. The molecular formula is C24H35N5O3.